The molecule has 0 spiro atoms. The van der Waals surface area contributed by atoms with Crippen LogP contribution in [0.15, 0.2) is 4.99 Å². The van der Waals surface area contributed by atoms with Crippen molar-refractivity contribution in [3.8, 4) is 0 Å². The van der Waals surface area contributed by atoms with E-state index in [1.165, 1.54) is 0 Å². The Labute approximate surface area is 107 Å². The summed E-state index contributed by atoms with van der Waals surface area (Å²) in [5.41, 5.74) is 10.8. The Morgan fingerprint density at radius 2 is 2.33 bits per heavy atom. The Balaban J connectivity index is 2.53. The predicted octanol–water partition coefficient (Wildman–Crippen LogP) is -1.57. The van der Waals surface area contributed by atoms with Gasteiger partial charge in [-0.15, -0.1) is 0 Å². The molecule has 1 heterocycles. The third-order valence-electron chi connectivity index (χ3n) is 2.82. The van der Waals surface area contributed by atoms with Crippen LogP contribution in [-0.2, 0) is 9.59 Å². The van der Waals surface area contributed by atoms with Gasteiger partial charge in [-0.2, -0.15) is 0 Å². The zero-order valence-electron chi connectivity index (χ0n) is 10.7. The van der Waals surface area contributed by atoms with E-state index in [2.05, 4.69) is 10.3 Å². The number of nitrogens with one attached hydrogen (secondary N) is 1. The number of aliphatic imine (C=N–C) groups is 1. The number of nitrogens with two attached hydrogens (primary N) is 2. The van der Waals surface area contributed by atoms with E-state index in [1.807, 2.05) is 0 Å². The number of hydrogen-bond donors (Lipinski definition) is 3. The van der Waals surface area contributed by atoms with E-state index in [4.69, 9.17) is 11.5 Å². The second kappa shape index (κ2) is 6.95. The summed E-state index contributed by atoms with van der Waals surface area (Å²) in [6.07, 6.45) is 1.29. The maximum absolute atomic E-state index is 11.7. The van der Waals surface area contributed by atoms with Crippen LogP contribution in [-0.4, -0.2) is 54.8 Å². The highest BCUT2D eigenvalue weighted by Crippen LogP contribution is 2.11. The zero-order valence-corrected chi connectivity index (χ0v) is 10.7. The van der Waals surface area contributed by atoms with E-state index in [0.29, 0.717) is 38.3 Å². The Morgan fingerprint density at radius 1 is 1.61 bits per heavy atom. The molecule has 1 atom stereocenters. The fourth-order valence-corrected chi connectivity index (χ4v) is 1.96. The number of hydrogen-bond acceptors (Lipinski definition) is 4. The van der Waals surface area contributed by atoms with Gasteiger partial charge in [-0.05, 0) is 19.8 Å². The highest BCUT2D eigenvalue weighted by Gasteiger charge is 2.31. The van der Waals surface area contributed by atoms with Gasteiger partial charge in [0, 0.05) is 19.6 Å². The van der Waals surface area contributed by atoms with Crippen LogP contribution in [0.3, 0.4) is 0 Å². The minimum atomic E-state index is -0.428. The molecule has 0 aromatic heterocycles. The highest BCUT2D eigenvalue weighted by molar-refractivity contribution is 5.89. The zero-order chi connectivity index (χ0) is 13.5. The third-order valence-corrected chi connectivity index (χ3v) is 2.82. The first-order valence-corrected chi connectivity index (χ1v) is 6.10. The van der Waals surface area contributed by atoms with Crippen LogP contribution >= 0.6 is 0 Å². The molecule has 0 radical (unpaired) electrons. The van der Waals surface area contributed by atoms with Crippen LogP contribution in [0, 0.1) is 0 Å². The lowest BCUT2D eigenvalue weighted by Crippen LogP contribution is -2.58. The quantitative estimate of drug-likeness (QED) is 0.313. The molecule has 18 heavy (non-hydrogen) atoms. The molecule has 1 aliphatic heterocycles. The Morgan fingerprint density at radius 3 is 2.94 bits per heavy atom. The van der Waals surface area contributed by atoms with E-state index in [0.717, 1.165) is 0 Å². The van der Waals surface area contributed by atoms with Gasteiger partial charge in [0.05, 0.1) is 12.4 Å². The van der Waals surface area contributed by atoms with Crippen molar-refractivity contribution in [1.29, 1.82) is 0 Å². The summed E-state index contributed by atoms with van der Waals surface area (Å²) in [6.45, 7) is 3.23. The molecule has 0 saturated carbocycles. The van der Waals surface area contributed by atoms with E-state index >= 15 is 0 Å². The van der Waals surface area contributed by atoms with Crippen molar-refractivity contribution in [1.82, 2.24) is 10.2 Å². The molecule has 7 heteroatoms. The van der Waals surface area contributed by atoms with Crippen LogP contribution in [0.2, 0.25) is 0 Å². The normalized spacial score (nSPS) is 20.8. The molecule has 1 fully saturated rings. The molecule has 1 aliphatic rings. The lowest BCUT2D eigenvalue weighted by Gasteiger charge is -2.34. The van der Waals surface area contributed by atoms with Crippen LogP contribution in [0.4, 0.5) is 0 Å². The van der Waals surface area contributed by atoms with Crippen molar-refractivity contribution in [3.05, 3.63) is 0 Å². The molecule has 1 rings (SSSR count). The second-order valence-corrected chi connectivity index (χ2v) is 4.26. The van der Waals surface area contributed by atoms with E-state index in [-0.39, 0.29) is 18.4 Å². The molecule has 0 aliphatic carbocycles. The SMILES string of the molecule is CC(N)=NCCC[C@H]1C(=O)NCCN1C(=O)CN. The number of carbonyl (C=O) groups is 2. The summed E-state index contributed by atoms with van der Waals surface area (Å²) in [4.78, 5) is 29.0. The van der Waals surface area contributed by atoms with Gasteiger partial charge in [0.2, 0.25) is 11.8 Å². The van der Waals surface area contributed by atoms with Crippen molar-refractivity contribution in [2.24, 2.45) is 16.5 Å². The van der Waals surface area contributed by atoms with Gasteiger partial charge in [-0.1, -0.05) is 0 Å². The fourth-order valence-electron chi connectivity index (χ4n) is 1.96. The van der Waals surface area contributed by atoms with Gasteiger partial charge in [-0.25, -0.2) is 0 Å². The average molecular weight is 255 g/mol. The lowest BCUT2D eigenvalue weighted by atomic mass is 10.1. The van der Waals surface area contributed by atoms with E-state index in [9.17, 15) is 9.59 Å². The Hall–Kier alpha value is -1.63. The minimum absolute atomic E-state index is 0.0656. The maximum atomic E-state index is 11.7. The van der Waals surface area contributed by atoms with Crippen molar-refractivity contribution in [2.45, 2.75) is 25.8 Å². The first-order valence-electron chi connectivity index (χ1n) is 6.10. The minimum Gasteiger partial charge on any atom is -0.388 e. The van der Waals surface area contributed by atoms with Crippen molar-refractivity contribution < 1.29 is 9.59 Å². The molecule has 7 nitrogen and oxygen atoms in total. The van der Waals surface area contributed by atoms with Gasteiger partial charge in [-0.3, -0.25) is 14.6 Å². The van der Waals surface area contributed by atoms with E-state index in [1.54, 1.807) is 11.8 Å². The maximum Gasteiger partial charge on any atom is 0.242 e. The molecule has 0 unspecified atom stereocenters. The average Bonchev–Trinajstić information content (AvgIpc) is 2.34. The summed E-state index contributed by atoms with van der Waals surface area (Å²) in [6, 6.07) is -0.428. The van der Waals surface area contributed by atoms with Crippen LogP contribution in [0.1, 0.15) is 19.8 Å². The standard InChI is InChI=1S/C11H21N5O2/c1-8(13)14-4-2-3-9-11(18)15-5-6-16(9)10(17)7-12/h9H,2-7,12H2,1H3,(H2,13,14)(H,15,18)/t9-/m0/s1. The lowest BCUT2D eigenvalue weighted by molar-refractivity contribution is -0.142. The molecule has 0 aromatic carbocycles. The summed E-state index contributed by atoms with van der Waals surface area (Å²) in [5.74, 6) is 0.225. The smallest absolute Gasteiger partial charge is 0.242 e. The van der Waals surface area contributed by atoms with Gasteiger partial charge < -0.3 is 21.7 Å². The van der Waals surface area contributed by atoms with E-state index < -0.39 is 6.04 Å². The second-order valence-electron chi connectivity index (χ2n) is 4.26. The highest BCUT2D eigenvalue weighted by atomic mass is 16.2. The first kappa shape index (κ1) is 14.4. The molecular formula is C11H21N5O2. The first-order chi connectivity index (χ1) is 8.56. The van der Waals surface area contributed by atoms with Gasteiger partial charge in [0.15, 0.2) is 0 Å². The monoisotopic (exact) mass is 255 g/mol. The predicted molar refractivity (Wildman–Crippen MR) is 69.0 cm³/mol. The van der Waals surface area contributed by atoms with Crippen molar-refractivity contribution in [2.75, 3.05) is 26.2 Å². The number of piperazine rings is 1. The number of amides is 2. The molecule has 0 bridgehead atoms. The van der Waals surface area contributed by atoms with Crippen molar-refractivity contribution in [3.63, 3.8) is 0 Å². The molecular weight excluding hydrogens is 234 g/mol. The number of nitrogens with zero attached hydrogens (tertiary/aromatic N) is 2. The number of rotatable bonds is 5. The van der Waals surface area contributed by atoms with Crippen molar-refractivity contribution >= 4 is 17.6 Å². The van der Waals surface area contributed by atoms with Crippen LogP contribution < -0.4 is 16.8 Å². The molecule has 2 amide bonds. The summed E-state index contributed by atoms with van der Waals surface area (Å²) >= 11 is 0. The van der Waals surface area contributed by atoms with Gasteiger partial charge >= 0.3 is 0 Å². The fraction of sp³-hybridized carbons (Fsp3) is 0.727. The van der Waals surface area contributed by atoms with Gasteiger partial charge in [0.25, 0.3) is 0 Å². The summed E-state index contributed by atoms with van der Waals surface area (Å²) in [7, 11) is 0. The Bertz CT molecular complexity index is 338. The topological polar surface area (TPSA) is 114 Å². The third kappa shape index (κ3) is 3.99. The van der Waals surface area contributed by atoms with Crippen LogP contribution in [0.5, 0.6) is 0 Å². The Kier molecular flexibility index (Phi) is 5.57. The van der Waals surface area contributed by atoms with Gasteiger partial charge in [0.1, 0.15) is 6.04 Å². The molecule has 102 valence electrons. The molecule has 1 saturated heterocycles. The summed E-state index contributed by atoms with van der Waals surface area (Å²) < 4.78 is 0. The summed E-state index contributed by atoms with van der Waals surface area (Å²) in [5, 5.41) is 2.76. The van der Waals surface area contributed by atoms with Crippen LogP contribution in [0.25, 0.3) is 0 Å². The number of carbonyl (C=O) groups excluding carboxylic acids is 2. The molecule has 0 aromatic rings. The largest absolute Gasteiger partial charge is 0.388 e. The molecule has 5 N–H and O–H groups in total. The number of amidine groups is 1.